The molecule has 1 aliphatic rings. The standard InChI is InChI=1S/C16H17ClN4O/c17-12-6-7-18-14(10-12)16(22)20-15-5-4-13(11-19-15)21-8-2-1-3-9-21/h4-7,10-11H,1-3,8-9H2,(H,19,20,22). The fourth-order valence-electron chi connectivity index (χ4n) is 2.51. The van der Waals surface area contributed by atoms with E-state index in [1.54, 1.807) is 12.3 Å². The molecular formula is C16H17ClN4O. The molecule has 1 saturated heterocycles. The maximum absolute atomic E-state index is 12.1. The lowest BCUT2D eigenvalue weighted by Crippen LogP contribution is -2.29. The monoisotopic (exact) mass is 316 g/mol. The van der Waals surface area contributed by atoms with Crippen molar-refractivity contribution in [1.29, 1.82) is 0 Å². The molecular weight excluding hydrogens is 300 g/mol. The normalized spacial score (nSPS) is 14.7. The fraction of sp³-hybridized carbons (Fsp3) is 0.312. The predicted octanol–water partition coefficient (Wildman–Crippen LogP) is 3.37. The van der Waals surface area contributed by atoms with E-state index in [-0.39, 0.29) is 11.6 Å². The summed E-state index contributed by atoms with van der Waals surface area (Å²) in [6.07, 6.45) is 7.04. The smallest absolute Gasteiger partial charge is 0.275 e. The van der Waals surface area contributed by atoms with E-state index in [4.69, 9.17) is 11.6 Å². The summed E-state index contributed by atoms with van der Waals surface area (Å²) in [7, 11) is 0. The molecule has 0 radical (unpaired) electrons. The number of nitrogens with one attached hydrogen (secondary N) is 1. The Morgan fingerprint density at radius 2 is 1.95 bits per heavy atom. The summed E-state index contributed by atoms with van der Waals surface area (Å²) in [6.45, 7) is 2.14. The Balaban J connectivity index is 1.66. The van der Waals surface area contributed by atoms with E-state index in [0.29, 0.717) is 10.8 Å². The minimum Gasteiger partial charge on any atom is -0.370 e. The first-order valence-corrected chi connectivity index (χ1v) is 7.74. The Labute approximate surface area is 134 Å². The van der Waals surface area contributed by atoms with E-state index in [0.717, 1.165) is 18.8 Å². The number of halogens is 1. The summed E-state index contributed by atoms with van der Waals surface area (Å²) in [5.74, 6) is 0.188. The van der Waals surface area contributed by atoms with Crippen molar-refractivity contribution < 1.29 is 4.79 Å². The van der Waals surface area contributed by atoms with Gasteiger partial charge in [0.05, 0.1) is 11.9 Å². The molecule has 0 atom stereocenters. The first-order chi connectivity index (χ1) is 10.7. The van der Waals surface area contributed by atoms with Gasteiger partial charge in [0.15, 0.2) is 0 Å². The molecule has 1 amide bonds. The number of amides is 1. The molecule has 2 aromatic rings. The molecule has 22 heavy (non-hydrogen) atoms. The van der Waals surface area contributed by atoms with E-state index in [9.17, 15) is 4.79 Å². The van der Waals surface area contributed by atoms with Crippen molar-refractivity contribution in [3.8, 4) is 0 Å². The Morgan fingerprint density at radius 1 is 1.14 bits per heavy atom. The molecule has 5 nitrogen and oxygen atoms in total. The van der Waals surface area contributed by atoms with Crippen molar-refractivity contribution in [2.75, 3.05) is 23.3 Å². The molecule has 1 aliphatic heterocycles. The largest absolute Gasteiger partial charge is 0.370 e. The minimum absolute atomic E-state index is 0.273. The lowest BCUT2D eigenvalue weighted by Gasteiger charge is -2.28. The average Bonchev–Trinajstić information content (AvgIpc) is 2.56. The van der Waals surface area contributed by atoms with Crippen LogP contribution in [0.25, 0.3) is 0 Å². The molecule has 0 spiro atoms. The average molecular weight is 317 g/mol. The van der Waals surface area contributed by atoms with Crippen molar-refractivity contribution in [2.45, 2.75) is 19.3 Å². The van der Waals surface area contributed by atoms with Gasteiger partial charge in [-0.05, 0) is 43.5 Å². The Morgan fingerprint density at radius 3 is 2.64 bits per heavy atom. The molecule has 0 bridgehead atoms. The van der Waals surface area contributed by atoms with Crippen LogP contribution in [0.5, 0.6) is 0 Å². The summed E-state index contributed by atoms with van der Waals surface area (Å²) in [6, 6.07) is 6.95. The van der Waals surface area contributed by atoms with Gasteiger partial charge >= 0.3 is 0 Å². The van der Waals surface area contributed by atoms with Crippen LogP contribution in [0.4, 0.5) is 11.5 Å². The summed E-state index contributed by atoms with van der Waals surface area (Å²) in [5, 5.41) is 3.21. The van der Waals surface area contributed by atoms with Gasteiger partial charge in [0.25, 0.3) is 5.91 Å². The van der Waals surface area contributed by atoms with Crippen LogP contribution in [0.3, 0.4) is 0 Å². The molecule has 6 heteroatoms. The number of hydrogen-bond acceptors (Lipinski definition) is 4. The Kier molecular flexibility index (Phi) is 4.53. The third-order valence-electron chi connectivity index (χ3n) is 3.67. The van der Waals surface area contributed by atoms with Crippen LogP contribution in [-0.4, -0.2) is 29.0 Å². The highest BCUT2D eigenvalue weighted by Gasteiger charge is 2.12. The number of pyridine rings is 2. The van der Waals surface area contributed by atoms with Gasteiger partial charge in [0, 0.05) is 24.3 Å². The zero-order valence-corrected chi connectivity index (χ0v) is 12.9. The zero-order chi connectivity index (χ0) is 15.4. The maximum Gasteiger partial charge on any atom is 0.275 e. The van der Waals surface area contributed by atoms with Crippen molar-refractivity contribution in [1.82, 2.24) is 9.97 Å². The van der Waals surface area contributed by atoms with E-state index < -0.39 is 0 Å². The van der Waals surface area contributed by atoms with Crippen molar-refractivity contribution in [3.05, 3.63) is 47.4 Å². The second kappa shape index (κ2) is 6.75. The van der Waals surface area contributed by atoms with Gasteiger partial charge in [-0.25, -0.2) is 4.98 Å². The highest BCUT2D eigenvalue weighted by molar-refractivity contribution is 6.30. The van der Waals surface area contributed by atoms with Crippen LogP contribution in [0.15, 0.2) is 36.7 Å². The molecule has 3 rings (SSSR count). The van der Waals surface area contributed by atoms with Crippen LogP contribution in [0.1, 0.15) is 29.8 Å². The molecule has 2 aromatic heterocycles. The number of rotatable bonds is 3. The van der Waals surface area contributed by atoms with Crippen molar-refractivity contribution >= 4 is 29.0 Å². The van der Waals surface area contributed by atoms with E-state index in [1.807, 2.05) is 12.1 Å². The summed E-state index contributed by atoms with van der Waals surface area (Å²) in [4.78, 5) is 22.7. The van der Waals surface area contributed by atoms with Crippen LogP contribution in [0, 0.1) is 0 Å². The molecule has 0 unspecified atom stereocenters. The third-order valence-corrected chi connectivity index (χ3v) is 3.90. The number of hydrogen-bond donors (Lipinski definition) is 1. The third kappa shape index (κ3) is 3.54. The molecule has 3 heterocycles. The van der Waals surface area contributed by atoms with Gasteiger partial charge < -0.3 is 10.2 Å². The van der Waals surface area contributed by atoms with E-state index in [2.05, 4.69) is 20.2 Å². The van der Waals surface area contributed by atoms with E-state index in [1.165, 1.54) is 31.5 Å². The summed E-state index contributed by atoms with van der Waals surface area (Å²) < 4.78 is 0. The topological polar surface area (TPSA) is 58.1 Å². The summed E-state index contributed by atoms with van der Waals surface area (Å²) in [5.41, 5.74) is 1.37. The molecule has 0 aromatic carbocycles. The number of piperidine rings is 1. The fourth-order valence-corrected chi connectivity index (χ4v) is 2.67. The number of carbonyl (C=O) groups is 1. The number of nitrogens with zero attached hydrogens (tertiary/aromatic N) is 3. The second-order valence-corrected chi connectivity index (χ2v) is 5.70. The molecule has 114 valence electrons. The number of carbonyl (C=O) groups excluding carboxylic acids is 1. The summed E-state index contributed by atoms with van der Waals surface area (Å²) >= 11 is 5.86. The first-order valence-electron chi connectivity index (χ1n) is 7.36. The Hall–Kier alpha value is -2.14. The minimum atomic E-state index is -0.319. The number of anilines is 2. The highest BCUT2D eigenvalue weighted by atomic mass is 35.5. The Bertz CT molecular complexity index is 653. The predicted molar refractivity (Wildman–Crippen MR) is 87.5 cm³/mol. The lowest BCUT2D eigenvalue weighted by atomic mass is 10.1. The van der Waals surface area contributed by atoms with Crippen LogP contribution in [0.2, 0.25) is 5.02 Å². The van der Waals surface area contributed by atoms with Gasteiger partial charge in [-0.1, -0.05) is 11.6 Å². The molecule has 0 aliphatic carbocycles. The maximum atomic E-state index is 12.1. The number of aromatic nitrogens is 2. The molecule has 1 N–H and O–H groups in total. The molecule has 0 saturated carbocycles. The van der Waals surface area contributed by atoms with Gasteiger partial charge in [0.2, 0.25) is 0 Å². The van der Waals surface area contributed by atoms with E-state index >= 15 is 0 Å². The lowest BCUT2D eigenvalue weighted by molar-refractivity contribution is 0.102. The zero-order valence-electron chi connectivity index (χ0n) is 12.1. The van der Waals surface area contributed by atoms with Crippen LogP contribution < -0.4 is 10.2 Å². The van der Waals surface area contributed by atoms with Gasteiger partial charge in [-0.2, -0.15) is 0 Å². The SMILES string of the molecule is O=C(Nc1ccc(N2CCCCC2)cn1)c1cc(Cl)ccn1. The quantitative estimate of drug-likeness (QED) is 0.943. The van der Waals surface area contributed by atoms with Crippen molar-refractivity contribution in [3.63, 3.8) is 0 Å². The highest BCUT2D eigenvalue weighted by Crippen LogP contribution is 2.20. The second-order valence-electron chi connectivity index (χ2n) is 5.26. The first kappa shape index (κ1) is 14.8. The van der Waals surface area contributed by atoms with Crippen LogP contribution in [-0.2, 0) is 0 Å². The molecule has 1 fully saturated rings. The van der Waals surface area contributed by atoms with Gasteiger partial charge in [-0.15, -0.1) is 0 Å². The van der Waals surface area contributed by atoms with Crippen molar-refractivity contribution in [2.24, 2.45) is 0 Å². The van der Waals surface area contributed by atoms with Gasteiger partial charge in [-0.3, -0.25) is 9.78 Å². The van der Waals surface area contributed by atoms with Crippen LogP contribution >= 0.6 is 11.6 Å². The van der Waals surface area contributed by atoms with Gasteiger partial charge in [0.1, 0.15) is 11.5 Å².